The smallest absolute Gasteiger partial charge is 0.337 e. The number of amides is 3. The molecule has 1 saturated heterocycles. The summed E-state index contributed by atoms with van der Waals surface area (Å²) in [6.45, 7) is 2.79. The molecule has 2 unspecified atom stereocenters. The van der Waals surface area contributed by atoms with Crippen LogP contribution in [-0.2, 0) is 16.1 Å². The van der Waals surface area contributed by atoms with Crippen molar-refractivity contribution in [3.05, 3.63) is 71.3 Å². The second-order valence-electron chi connectivity index (χ2n) is 7.05. The molecular weight excluding hydrogens is 370 g/mol. The molecule has 29 heavy (non-hydrogen) atoms. The Hall–Kier alpha value is -3.35. The predicted octanol–water partition coefficient (Wildman–Crippen LogP) is 2.63. The summed E-state index contributed by atoms with van der Waals surface area (Å²) in [5.74, 6) is -0.368. The summed E-state index contributed by atoms with van der Waals surface area (Å²) in [5.41, 5.74) is 2.38. The molecule has 7 nitrogen and oxygen atoms in total. The van der Waals surface area contributed by atoms with E-state index in [9.17, 15) is 14.4 Å². The number of carbonyl (C=O) groups is 3. The second-order valence-corrected chi connectivity index (χ2v) is 7.05. The molecule has 3 rings (SSSR count). The Balaban J connectivity index is 1.48. The van der Waals surface area contributed by atoms with Crippen LogP contribution in [0.2, 0.25) is 0 Å². The summed E-state index contributed by atoms with van der Waals surface area (Å²) < 4.78 is 4.66. The van der Waals surface area contributed by atoms with Gasteiger partial charge in [0.15, 0.2) is 0 Å². The molecule has 1 fully saturated rings. The number of hydrogen-bond acceptors (Lipinski definition) is 4. The third kappa shape index (κ3) is 5.13. The molecule has 2 N–H and O–H groups in total. The Kier molecular flexibility index (Phi) is 6.49. The van der Waals surface area contributed by atoms with E-state index in [-0.39, 0.29) is 24.0 Å². The van der Waals surface area contributed by atoms with Gasteiger partial charge in [-0.15, -0.1) is 0 Å². The van der Waals surface area contributed by atoms with Gasteiger partial charge >= 0.3 is 12.0 Å². The fraction of sp³-hybridized carbons (Fsp3) is 0.318. The average Bonchev–Trinajstić information content (AvgIpc) is 3.11. The first-order valence-electron chi connectivity index (χ1n) is 9.54. The number of hydrogen-bond donors (Lipinski definition) is 2. The second kappa shape index (κ2) is 9.23. The number of methoxy groups -OCH3 is 1. The molecule has 3 amide bonds. The fourth-order valence-electron chi connectivity index (χ4n) is 3.41. The van der Waals surface area contributed by atoms with Crippen molar-refractivity contribution in [3.63, 3.8) is 0 Å². The normalized spacial score (nSPS) is 17.0. The third-order valence-corrected chi connectivity index (χ3v) is 5.07. The van der Waals surface area contributed by atoms with E-state index in [0.717, 1.165) is 11.1 Å². The molecule has 2 aromatic carbocycles. The average molecular weight is 395 g/mol. The number of rotatable bonds is 6. The summed E-state index contributed by atoms with van der Waals surface area (Å²) in [6.07, 6.45) is 0.290. The van der Waals surface area contributed by atoms with Gasteiger partial charge in [-0.25, -0.2) is 9.59 Å². The SMILES string of the molecule is COC(=O)c1ccc(CNC(=O)NC2CC(=O)N(C(C)c3ccccc3)C2)cc1. The molecule has 0 bridgehead atoms. The lowest BCUT2D eigenvalue weighted by Crippen LogP contribution is -2.43. The highest BCUT2D eigenvalue weighted by Gasteiger charge is 2.33. The minimum atomic E-state index is -0.401. The van der Waals surface area contributed by atoms with Crippen LogP contribution in [0.3, 0.4) is 0 Å². The zero-order valence-corrected chi connectivity index (χ0v) is 16.6. The van der Waals surface area contributed by atoms with E-state index in [0.29, 0.717) is 25.1 Å². The van der Waals surface area contributed by atoms with Crippen molar-refractivity contribution in [2.24, 2.45) is 0 Å². The summed E-state index contributed by atoms with van der Waals surface area (Å²) in [6, 6.07) is 16.1. The number of likely N-dealkylation sites (tertiary alicyclic amines) is 1. The van der Waals surface area contributed by atoms with Gasteiger partial charge in [0, 0.05) is 19.5 Å². The lowest BCUT2D eigenvalue weighted by Gasteiger charge is -2.25. The Labute approximate surface area is 170 Å². The van der Waals surface area contributed by atoms with Gasteiger partial charge in [0.1, 0.15) is 0 Å². The van der Waals surface area contributed by atoms with Gasteiger partial charge in [-0.1, -0.05) is 42.5 Å². The highest BCUT2D eigenvalue weighted by Crippen LogP contribution is 2.25. The first-order valence-corrected chi connectivity index (χ1v) is 9.54. The predicted molar refractivity (Wildman–Crippen MR) is 108 cm³/mol. The van der Waals surface area contributed by atoms with Crippen LogP contribution >= 0.6 is 0 Å². The number of nitrogens with zero attached hydrogens (tertiary/aromatic N) is 1. The monoisotopic (exact) mass is 395 g/mol. The minimum Gasteiger partial charge on any atom is -0.465 e. The van der Waals surface area contributed by atoms with Gasteiger partial charge in [0.05, 0.1) is 24.8 Å². The van der Waals surface area contributed by atoms with E-state index in [4.69, 9.17) is 0 Å². The van der Waals surface area contributed by atoms with Crippen LogP contribution in [0.5, 0.6) is 0 Å². The number of urea groups is 1. The van der Waals surface area contributed by atoms with Crippen molar-refractivity contribution in [1.82, 2.24) is 15.5 Å². The van der Waals surface area contributed by atoms with E-state index in [2.05, 4.69) is 15.4 Å². The third-order valence-electron chi connectivity index (χ3n) is 5.07. The molecule has 1 aliphatic rings. The Morgan fingerprint density at radius 3 is 2.48 bits per heavy atom. The van der Waals surface area contributed by atoms with Crippen LogP contribution in [-0.4, -0.2) is 42.5 Å². The molecule has 0 aliphatic carbocycles. The number of ether oxygens (including phenoxy) is 1. The number of benzene rings is 2. The first-order chi connectivity index (χ1) is 14.0. The van der Waals surface area contributed by atoms with Gasteiger partial charge in [-0.3, -0.25) is 4.79 Å². The molecule has 0 saturated carbocycles. The fourth-order valence-corrected chi connectivity index (χ4v) is 3.41. The highest BCUT2D eigenvalue weighted by molar-refractivity contribution is 5.89. The number of nitrogens with one attached hydrogen (secondary N) is 2. The maximum Gasteiger partial charge on any atom is 0.337 e. The van der Waals surface area contributed by atoms with E-state index in [1.807, 2.05) is 37.3 Å². The summed E-state index contributed by atoms with van der Waals surface area (Å²) in [5, 5.41) is 5.65. The van der Waals surface area contributed by atoms with Gasteiger partial charge in [0.25, 0.3) is 0 Å². The zero-order valence-electron chi connectivity index (χ0n) is 16.6. The molecule has 0 aromatic heterocycles. The zero-order chi connectivity index (χ0) is 20.8. The number of carbonyl (C=O) groups excluding carboxylic acids is 3. The van der Waals surface area contributed by atoms with Crippen LogP contribution in [0.25, 0.3) is 0 Å². The van der Waals surface area contributed by atoms with Crippen molar-refractivity contribution < 1.29 is 19.1 Å². The van der Waals surface area contributed by atoms with Crippen molar-refractivity contribution in [2.45, 2.75) is 32.0 Å². The van der Waals surface area contributed by atoms with Crippen LogP contribution < -0.4 is 10.6 Å². The lowest BCUT2D eigenvalue weighted by atomic mass is 10.1. The van der Waals surface area contributed by atoms with Crippen LogP contribution in [0.4, 0.5) is 4.79 Å². The Bertz CT molecular complexity index is 867. The van der Waals surface area contributed by atoms with Crippen molar-refractivity contribution in [1.29, 1.82) is 0 Å². The maximum absolute atomic E-state index is 12.4. The molecule has 2 atom stereocenters. The molecule has 1 heterocycles. The standard InChI is InChI=1S/C22H25N3O4/c1-15(17-6-4-3-5-7-17)25-14-19(12-20(25)26)24-22(28)23-13-16-8-10-18(11-9-16)21(27)29-2/h3-11,15,19H,12-14H2,1-2H3,(H2,23,24,28). The molecule has 152 valence electrons. The van der Waals surface area contributed by atoms with Crippen molar-refractivity contribution in [3.8, 4) is 0 Å². The first kappa shape index (κ1) is 20.4. The highest BCUT2D eigenvalue weighted by atomic mass is 16.5. The molecule has 1 aliphatic heterocycles. The van der Waals surface area contributed by atoms with Crippen molar-refractivity contribution in [2.75, 3.05) is 13.7 Å². The minimum absolute atomic E-state index is 0.0325. The molecule has 2 aromatic rings. The van der Waals surface area contributed by atoms with E-state index < -0.39 is 5.97 Å². The molecule has 0 spiro atoms. The quantitative estimate of drug-likeness (QED) is 0.736. The van der Waals surface area contributed by atoms with E-state index in [1.165, 1.54) is 7.11 Å². The van der Waals surface area contributed by atoms with Crippen LogP contribution in [0.15, 0.2) is 54.6 Å². The van der Waals surface area contributed by atoms with E-state index in [1.54, 1.807) is 29.2 Å². The largest absolute Gasteiger partial charge is 0.465 e. The Morgan fingerprint density at radius 2 is 1.83 bits per heavy atom. The lowest BCUT2D eigenvalue weighted by molar-refractivity contribution is -0.129. The maximum atomic E-state index is 12.4. The van der Waals surface area contributed by atoms with Crippen molar-refractivity contribution >= 4 is 17.9 Å². The topological polar surface area (TPSA) is 87.7 Å². The number of esters is 1. The summed E-state index contributed by atoms with van der Waals surface area (Å²) >= 11 is 0. The summed E-state index contributed by atoms with van der Waals surface area (Å²) in [4.78, 5) is 37.8. The van der Waals surface area contributed by atoms with E-state index >= 15 is 0 Å². The van der Waals surface area contributed by atoms with Gasteiger partial charge < -0.3 is 20.3 Å². The molecule has 7 heteroatoms. The molecule has 0 radical (unpaired) electrons. The Morgan fingerprint density at radius 1 is 1.14 bits per heavy atom. The summed E-state index contributed by atoms with van der Waals surface area (Å²) in [7, 11) is 1.33. The van der Waals surface area contributed by atoms with Crippen LogP contribution in [0.1, 0.15) is 40.9 Å². The van der Waals surface area contributed by atoms with Gasteiger partial charge in [-0.05, 0) is 30.2 Å². The molecular formula is C22H25N3O4. The van der Waals surface area contributed by atoms with Crippen LogP contribution in [0, 0.1) is 0 Å². The van der Waals surface area contributed by atoms with Gasteiger partial charge in [-0.2, -0.15) is 0 Å². The van der Waals surface area contributed by atoms with Gasteiger partial charge in [0.2, 0.25) is 5.91 Å².